The smallest absolute Gasteiger partial charge is 0.337 e. The molecule has 0 saturated carbocycles. The molecule has 1 aromatic heterocycles. The molecule has 0 radical (unpaired) electrons. The number of carboxylic acids is 1. The standard InChI is InChI=1S/C11H14N2O3S/c1-7(6-17)10(14)13(2)9-3-8(11(15)16)4-12-5-9/h3-5,7,17H,6H2,1-2H3,(H,15,16). The zero-order valence-electron chi connectivity index (χ0n) is 9.62. The minimum atomic E-state index is -1.07. The van der Waals surface area contributed by atoms with Gasteiger partial charge in [0.25, 0.3) is 0 Å². The first kappa shape index (κ1) is 13.5. The molecule has 17 heavy (non-hydrogen) atoms. The molecule has 1 aromatic rings. The number of nitrogens with zero attached hydrogens (tertiary/aromatic N) is 2. The summed E-state index contributed by atoms with van der Waals surface area (Å²) in [6, 6.07) is 1.42. The van der Waals surface area contributed by atoms with Crippen LogP contribution in [0, 0.1) is 5.92 Å². The van der Waals surface area contributed by atoms with Crippen molar-refractivity contribution in [3.05, 3.63) is 24.0 Å². The molecule has 1 unspecified atom stereocenters. The van der Waals surface area contributed by atoms with Crippen molar-refractivity contribution >= 4 is 30.2 Å². The lowest BCUT2D eigenvalue weighted by Crippen LogP contribution is -2.32. The van der Waals surface area contributed by atoms with Crippen molar-refractivity contribution in [3.63, 3.8) is 0 Å². The topological polar surface area (TPSA) is 70.5 Å². The highest BCUT2D eigenvalue weighted by Gasteiger charge is 2.18. The molecule has 0 aliphatic heterocycles. The lowest BCUT2D eigenvalue weighted by Gasteiger charge is -2.20. The first-order valence-corrected chi connectivity index (χ1v) is 5.67. The van der Waals surface area contributed by atoms with E-state index in [-0.39, 0.29) is 17.4 Å². The Morgan fingerprint density at radius 3 is 2.71 bits per heavy atom. The Bertz CT molecular complexity index is 436. The molecular formula is C11H14N2O3S. The minimum Gasteiger partial charge on any atom is -0.478 e. The van der Waals surface area contributed by atoms with E-state index in [1.165, 1.54) is 23.4 Å². The molecule has 1 amide bonds. The number of amides is 1. The molecule has 0 aromatic carbocycles. The summed E-state index contributed by atoms with van der Waals surface area (Å²) in [6.07, 6.45) is 2.70. The van der Waals surface area contributed by atoms with Crippen LogP contribution in [0.25, 0.3) is 0 Å². The predicted octanol–water partition coefficient (Wildman–Crippen LogP) is 1.31. The number of carbonyl (C=O) groups is 2. The van der Waals surface area contributed by atoms with Crippen LogP contribution < -0.4 is 4.90 Å². The molecule has 0 aliphatic rings. The zero-order valence-corrected chi connectivity index (χ0v) is 10.5. The average molecular weight is 254 g/mol. The van der Waals surface area contributed by atoms with Gasteiger partial charge in [-0.1, -0.05) is 6.92 Å². The Morgan fingerprint density at radius 1 is 1.53 bits per heavy atom. The van der Waals surface area contributed by atoms with Crippen LogP contribution in [0.2, 0.25) is 0 Å². The van der Waals surface area contributed by atoms with Crippen LogP contribution in [0.4, 0.5) is 5.69 Å². The molecular weight excluding hydrogens is 240 g/mol. The number of aromatic nitrogens is 1. The van der Waals surface area contributed by atoms with Crippen LogP contribution in [-0.4, -0.2) is 34.8 Å². The maximum Gasteiger partial charge on any atom is 0.337 e. The lowest BCUT2D eigenvalue weighted by molar-refractivity contribution is -0.120. The average Bonchev–Trinajstić information content (AvgIpc) is 2.36. The van der Waals surface area contributed by atoms with Crippen molar-refractivity contribution in [2.75, 3.05) is 17.7 Å². The van der Waals surface area contributed by atoms with Gasteiger partial charge in [-0.3, -0.25) is 9.78 Å². The van der Waals surface area contributed by atoms with Gasteiger partial charge in [0.15, 0.2) is 0 Å². The van der Waals surface area contributed by atoms with Crippen molar-refractivity contribution in [3.8, 4) is 0 Å². The van der Waals surface area contributed by atoms with Gasteiger partial charge in [-0.25, -0.2) is 4.79 Å². The molecule has 0 spiro atoms. The Kier molecular flexibility index (Phi) is 4.51. The summed E-state index contributed by atoms with van der Waals surface area (Å²) in [4.78, 5) is 27.8. The number of aromatic carboxylic acids is 1. The van der Waals surface area contributed by atoms with Gasteiger partial charge in [-0.15, -0.1) is 0 Å². The summed E-state index contributed by atoms with van der Waals surface area (Å²) >= 11 is 4.06. The van der Waals surface area contributed by atoms with E-state index in [1.807, 2.05) is 0 Å². The number of hydrogen-bond donors (Lipinski definition) is 2. The largest absolute Gasteiger partial charge is 0.478 e. The van der Waals surface area contributed by atoms with E-state index in [0.29, 0.717) is 11.4 Å². The van der Waals surface area contributed by atoms with Gasteiger partial charge in [0.05, 0.1) is 17.4 Å². The van der Waals surface area contributed by atoms with E-state index in [1.54, 1.807) is 14.0 Å². The van der Waals surface area contributed by atoms with E-state index in [2.05, 4.69) is 17.6 Å². The summed E-state index contributed by atoms with van der Waals surface area (Å²) in [5.41, 5.74) is 0.518. The van der Waals surface area contributed by atoms with E-state index in [0.717, 1.165) is 0 Å². The number of pyridine rings is 1. The normalized spacial score (nSPS) is 11.9. The number of hydrogen-bond acceptors (Lipinski definition) is 4. The second-order valence-electron chi connectivity index (χ2n) is 3.72. The molecule has 1 heterocycles. The molecule has 5 nitrogen and oxygen atoms in total. The maximum atomic E-state index is 11.9. The maximum absolute atomic E-state index is 11.9. The molecule has 92 valence electrons. The Balaban J connectivity index is 2.96. The second-order valence-corrected chi connectivity index (χ2v) is 4.08. The fourth-order valence-electron chi connectivity index (χ4n) is 1.26. The van der Waals surface area contributed by atoms with Gasteiger partial charge in [0.1, 0.15) is 0 Å². The van der Waals surface area contributed by atoms with Gasteiger partial charge >= 0.3 is 5.97 Å². The van der Waals surface area contributed by atoms with Crippen LogP contribution in [0.5, 0.6) is 0 Å². The van der Waals surface area contributed by atoms with Crippen LogP contribution in [0.3, 0.4) is 0 Å². The van der Waals surface area contributed by atoms with Gasteiger partial charge in [-0.2, -0.15) is 12.6 Å². The van der Waals surface area contributed by atoms with Crippen molar-refractivity contribution < 1.29 is 14.7 Å². The Morgan fingerprint density at radius 2 is 2.18 bits per heavy atom. The SMILES string of the molecule is CC(CS)C(=O)N(C)c1cncc(C(=O)O)c1. The summed E-state index contributed by atoms with van der Waals surface area (Å²) in [5, 5.41) is 8.83. The van der Waals surface area contributed by atoms with Crippen LogP contribution >= 0.6 is 12.6 Å². The second kappa shape index (κ2) is 5.67. The van der Waals surface area contributed by atoms with E-state index in [9.17, 15) is 9.59 Å². The fraction of sp³-hybridized carbons (Fsp3) is 0.364. The molecule has 1 rings (SSSR count). The lowest BCUT2D eigenvalue weighted by atomic mass is 10.1. The van der Waals surface area contributed by atoms with Gasteiger partial charge in [0.2, 0.25) is 5.91 Å². The summed E-state index contributed by atoms with van der Waals surface area (Å²) < 4.78 is 0. The van der Waals surface area contributed by atoms with E-state index in [4.69, 9.17) is 5.11 Å². The Hall–Kier alpha value is -1.56. The summed E-state index contributed by atoms with van der Waals surface area (Å²) in [5.74, 6) is -0.974. The molecule has 1 atom stereocenters. The monoisotopic (exact) mass is 254 g/mol. The van der Waals surface area contributed by atoms with Crippen LogP contribution in [-0.2, 0) is 4.79 Å². The third-order valence-corrected chi connectivity index (χ3v) is 2.93. The third-order valence-electron chi connectivity index (χ3n) is 2.38. The molecule has 0 saturated heterocycles. The van der Waals surface area contributed by atoms with Crippen LogP contribution in [0.15, 0.2) is 18.5 Å². The van der Waals surface area contributed by atoms with Crippen molar-refractivity contribution in [2.45, 2.75) is 6.92 Å². The van der Waals surface area contributed by atoms with Crippen molar-refractivity contribution in [2.24, 2.45) is 5.92 Å². The first-order chi connectivity index (χ1) is 7.97. The van der Waals surface area contributed by atoms with Gasteiger partial charge in [0, 0.05) is 24.9 Å². The highest BCUT2D eigenvalue weighted by molar-refractivity contribution is 7.80. The summed E-state index contributed by atoms with van der Waals surface area (Å²) in [7, 11) is 1.59. The highest BCUT2D eigenvalue weighted by Crippen LogP contribution is 2.16. The molecule has 0 aliphatic carbocycles. The van der Waals surface area contributed by atoms with Crippen LogP contribution in [0.1, 0.15) is 17.3 Å². The highest BCUT2D eigenvalue weighted by atomic mass is 32.1. The number of carboxylic acid groups (broad SMARTS) is 1. The molecule has 1 N–H and O–H groups in total. The number of thiol groups is 1. The summed E-state index contributed by atoms with van der Waals surface area (Å²) in [6.45, 7) is 1.76. The van der Waals surface area contributed by atoms with Gasteiger partial charge < -0.3 is 10.0 Å². The number of anilines is 1. The third kappa shape index (κ3) is 3.20. The predicted molar refractivity (Wildman–Crippen MR) is 67.6 cm³/mol. The molecule has 0 fully saturated rings. The molecule has 0 bridgehead atoms. The fourth-order valence-corrected chi connectivity index (χ4v) is 1.42. The van der Waals surface area contributed by atoms with Gasteiger partial charge in [-0.05, 0) is 6.07 Å². The number of carbonyl (C=O) groups excluding carboxylic acids is 1. The molecule has 6 heteroatoms. The quantitative estimate of drug-likeness (QED) is 0.795. The van der Waals surface area contributed by atoms with Crippen molar-refractivity contribution in [1.82, 2.24) is 4.98 Å². The first-order valence-electron chi connectivity index (χ1n) is 5.04. The minimum absolute atomic E-state index is 0.0562. The number of rotatable bonds is 4. The zero-order chi connectivity index (χ0) is 13.0. The Labute approximate surface area is 105 Å². The van der Waals surface area contributed by atoms with E-state index >= 15 is 0 Å². The van der Waals surface area contributed by atoms with Crippen molar-refractivity contribution in [1.29, 1.82) is 0 Å². The van der Waals surface area contributed by atoms with E-state index < -0.39 is 5.97 Å².